The summed E-state index contributed by atoms with van der Waals surface area (Å²) in [5.41, 5.74) is 14.5. The van der Waals surface area contributed by atoms with Gasteiger partial charge in [0.15, 0.2) is 0 Å². The summed E-state index contributed by atoms with van der Waals surface area (Å²) in [7, 11) is 0. The first-order valence-corrected chi connectivity index (χ1v) is 19.6. The van der Waals surface area contributed by atoms with E-state index >= 15 is 0 Å². The van der Waals surface area contributed by atoms with E-state index in [9.17, 15) is 0 Å². The summed E-state index contributed by atoms with van der Waals surface area (Å²) in [6.07, 6.45) is 0. The highest BCUT2D eigenvalue weighted by molar-refractivity contribution is 6.24. The van der Waals surface area contributed by atoms with E-state index in [1.807, 2.05) is 0 Å². The Kier molecular flexibility index (Phi) is 6.46. The Morgan fingerprint density at radius 2 is 0.893 bits per heavy atom. The summed E-state index contributed by atoms with van der Waals surface area (Å²) >= 11 is 0. The van der Waals surface area contributed by atoms with Crippen LogP contribution >= 0.6 is 0 Å². The van der Waals surface area contributed by atoms with Crippen molar-refractivity contribution < 1.29 is 4.42 Å². The zero-order chi connectivity index (χ0) is 37.1. The third-order valence-electron chi connectivity index (χ3n) is 12.7. The smallest absolute Gasteiger partial charge is 0.136 e. The number of fused-ring (bicyclic) bond motifs is 11. The molecular weight excluding hydrogens is 677 g/mol. The normalized spacial score (nSPS) is 13.3. The Labute approximate surface area is 325 Å². The van der Waals surface area contributed by atoms with E-state index in [-0.39, 0.29) is 5.41 Å². The van der Waals surface area contributed by atoms with Gasteiger partial charge in [-0.05, 0) is 123 Å². The molecule has 11 aromatic rings. The molecule has 0 aliphatic heterocycles. The molecule has 0 amide bonds. The summed E-state index contributed by atoms with van der Waals surface area (Å²) in [4.78, 5) is 0. The Morgan fingerprint density at radius 3 is 1.61 bits per heavy atom. The maximum atomic E-state index is 6.51. The second-order valence-electron chi connectivity index (χ2n) is 16.0. The van der Waals surface area contributed by atoms with Crippen LogP contribution in [0.3, 0.4) is 0 Å². The fourth-order valence-electron chi connectivity index (χ4n) is 9.96. The molecule has 0 unspecified atom stereocenters. The van der Waals surface area contributed by atoms with E-state index in [1.54, 1.807) is 0 Å². The quantitative estimate of drug-likeness (QED) is 0.166. The molecule has 0 radical (unpaired) electrons. The van der Waals surface area contributed by atoms with Gasteiger partial charge in [-0.25, -0.2) is 0 Å². The number of benzene rings is 10. The fraction of sp³-hybridized carbons (Fsp3) is 0.0545. The SMILES string of the molecule is CC1(C)c2cc(-c3ccc(-c4c5ccccc5c(-c5cccc6ccccc56)c5ccccc45)cc3)ccc2-c2cc3oc4ccc5ccccc5c4c3cc21. The average Bonchev–Trinajstić information content (AvgIpc) is 3.73. The van der Waals surface area contributed by atoms with Crippen LogP contribution in [0, 0.1) is 0 Å². The van der Waals surface area contributed by atoms with Crippen molar-refractivity contribution in [2.75, 3.05) is 0 Å². The van der Waals surface area contributed by atoms with Crippen molar-refractivity contribution in [1.29, 1.82) is 0 Å². The molecule has 0 saturated heterocycles. The molecule has 1 nitrogen and oxygen atoms in total. The van der Waals surface area contributed by atoms with Crippen LogP contribution in [0.4, 0.5) is 0 Å². The zero-order valence-corrected chi connectivity index (χ0v) is 31.2. The van der Waals surface area contributed by atoms with Crippen LogP contribution in [0.15, 0.2) is 186 Å². The largest absolute Gasteiger partial charge is 0.456 e. The van der Waals surface area contributed by atoms with Crippen molar-refractivity contribution in [3.05, 3.63) is 193 Å². The van der Waals surface area contributed by atoms with Gasteiger partial charge < -0.3 is 4.42 Å². The first kappa shape index (κ1) is 31.4. The van der Waals surface area contributed by atoms with Gasteiger partial charge >= 0.3 is 0 Å². The van der Waals surface area contributed by atoms with Gasteiger partial charge in [0.05, 0.1) is 0 Å². The molecular formula is C55H36O. The molecule has 1 aliphatic carbocycles. The molecule has 0 saturated carbocycles. The van der Waals surface area contributed by atoms with Crippen LogP contribution in [-0.4, -0.2) is 0 Å². The van der Waals surface area contributed by atoms with E-state index < -0.39 is 0 Å². The van der Waals surface area contributed by atoms with Crippen LogP contribution in [-0.2, 0) is 5.41 Å². The standard InChI is InChI=1S/C55H36O/c1-55(2)48-30-37(26-28-40(48)46-32-51-47(31-49(46)55)54-39-16-6-4-13-35(39)27-29-50(54)56-51)33-22-24-36(25-23-33)52-42-17-7-9-19-44(42)53(45-20-10-8-18-43(45)52)41-21-11-14-34-12-3-5-15-38(34)41/h3-32H,1-2H3. The first-order chi connectivity index (χ1) is 27.5. The number of hydrogen-bond acceptors (Lipinski definition) is 1. The van der Waals surface area contributed by atoms with Gasteiger partial charge in [0, 0.05) is 16.2 Å². The van der Waals surface area contributed by atoms with Gasteiger partial charge in [0.2, 0.25) is 0 Å². The third kappa shape index (κ3) is 4.37. The molecule has 0 spiro atoms. The minimum absolute atomic E-state index is 0.160. The minimum atomic E-state index is -0.160. The van der Waals surface area contributed by atoms with Crippen molar-refractivity contribution in [2.45, 2.75) is 19.3 Å². The van der Waals surface area contributed by atoms with E-state index in [0.29, 0.717) is 0 Å². The van der Waals surface area contributed by atoms with Crippen molar-refractivity contribution in [1.82, 2.24) is 0 Å². The van der Waals surface area contributed by atoms with Crippen LogP contribution in [0.5, 0.6) is 0 Å². The molecule has 1 heteroatoms. The van der Waals surface area contributed by atoms with Gasteiger partial charge in [0.1, 0.15) is 11.2 Å². The van der Waals surface area contributed by atoms with Crippen LogP contribution in [0.1, 0.15) is 25.0 Å². The van der Waals surface area contributed by atoms with Gasteiger partial charge in [0.25, 0.3) is 0 Å². The Hall–Kier alpha value is -6.96. The highest BCUT2D eigenvalue weighted by Gasteiger charge is 2.36. The van der Waals surface area contributed by atoms with Crippen LogP contribution in [0.2, 0.25) is 0 Å². The maximum Gasteiger partial charge on any atom is 0.136 e. The predicted octanol–water partition coefficient (Wildman–Crippen LogP) is 15.5. The molecule has 1 aromatic heterocycles. The van der Waals surface area contributed by atoms with Gasteiger partial charge in [-0.3, -0.25) is 0 Å². The molecule has 10 aromatic carbocycles. The molecule has 0 atom stereocenters. The average molecular weight is 713 g/mol. The monoisotopic (exact) mass is 712 g/mol. The number of rotatable bonds is 3. The molecule has 1 aliphatic rings. The van der Waals surface area contributed by atoms with Crippen molar-refractivity contribution in [2.24, 2.45) is 0 Å². The Bertz CT molecular complexity index is 3370. The molecule has 0 bridgehead atoms. The van der Waals surface area contributed by atoms with Crippen LogP contribution in [0.25, 0.3) is 110 Å². The molecule has 0 N–H and O–H groups in total. The first-order valence-electron chi connectivity index (χ1n) is 19.6. The summed E-state index contributed by atoms with van der Waals surface area (Å²) < 4.78 is 6.51. The lowest BCUT2D eigenvalue weighted by atomic mass is 9.81. The van der Waals surface area contributed by atoms with Gasteiger partial charge in [-0.1, -0.05) is 172 Å². The second kappa shape index (κ2) is 11.5. The fourth-order valence-corrected chi connectivity index (χ4v) is 9.96. The lowest BCUT2D eigenvalue weighted by Gasteiger charge is -2.22. The lowest BCUT2D eigenvalue weighted by molar-refractivity contribution is 0.658. The van der Waals surface area contributed by atoms with E-state index in [4.69, 9.17) is 4.42 Å². The number of furan rings is 1. The van der Waals surface area contributed by atoms with Crippen molar-refractivity contribution >= 4 is 65.0 Å². The molecule has 12 rings (SSSR count). The second-order valence-corrected chi connectivity index (χ2v) is 16.0. The molecule has 262 valence electrons. The number of hydrogen-bond donors (Lipinski definition) is 0. The van der Waals surface area contributed by atoms with Gasteiger partial charge in [-0.2, -0.15) is 0 Å². The topological polar surface area (TPSA) is 13.1 Å². The summed E-state index contributed by atoms with van der Waals surface area (Å²) in [6.45, 7) is 4.74. The zero-order valence-electron chi connectivity index (χ0n) is 31.2. The third-order valence-corrected chi connectivity index (χ3v) is 12.7. The van der Waals surface area contributed by atoms with Crippen molar-refractivity contribution in [3.8, 4) is 44.5 Å². The highest BCUT2D eigenvalue weighted by atomic mass is 16.3. The summed E-state index contributed by atoms with van der Waals surface area (Å²) in [6, 6.07) is 67.1. The predicted molar refractivity (Wildman–Crippen MR) is 238 cm³/mol. The lowest BCUT2D eigenvalue weighted by Crippen LogP contribution is -2.15. The summed E-state index contributed by atoms with van der Waals surface area (Å²) in [5, 5.41) is 12.5. The van der Waals surface area contributed by atoms with Crippen molar-refractivity contribution in [3.63, 3.8) is 0 Å². The molecule has 56 heavy (non-hydrogen) atoms. The maximum absolute atomic E-state index is 6.51. The van der Waals surface area contributed by atoms with E-state index in [2.05, 4.69) is 196 Å². The van der Waals surface area contributed by atoms with E-state index in [0.717, 1.165) is 11.2 Å². The Morgan fingerprint density at radius 1 is 0.339 bits per heavy atom. The van der Waals surface area contributed by atoms with Crippen LogP contribution < -0.4 is 0 Å². The Balaban J connectivity index is 0.973. The van der Waals surface area contributed by atoms with E-state index in [1.165, 1.54) is 109 Å². The summed E-state index contributed by atoms with van der Waals surface area (Å²) in [5.74, 6) is 0. The minimum Gasteiger partial charge on any atom is -0.456 e. The molecule has 0 fully saturated rings. The van der Waals surface area contributed by atoms with Gasteiger partial charge in [-0.15, -0.1) is 0 Å². The molecule has 1 heterocycles. The highest BCUT2D eigenvalue weighted by Crippen LogP contribution is 2.52.